The smallest absolute Gasteiger partial charge is 0.185 e. The van der Waals surface area contributed by atoms with Crippen molar-refractivity contribution >= 4 is 16.5 Å². The van der Waals surface area contributed by atoms with E-state index in [9.17, 15) is 10.2 Å². The van der Waals surface area contributed by atoms with Gasteiger partial charge in [-0.2, -0.15) is 0 Å². The van der Waals surface area contributed by atoms with Crippen LogP contribution < -0.4 is 9.64 Å². The van der Waals surface area contributed by atoms with E-state index >= 15 is 0 Å². The average molecular weight is 594 g/mol. The van der Waals surface area contributed by atoms with Gasteiger partial charge in [0.25, 0.3) is 0 Å². The van der Waals surface area contributed by atoms with Crippen LogP contribution in [-0.2, 0) is 29.0 Å². The van der Waals surface area contributed by atoms with Crippen LogP contribution in [-0.4, -0.2) is 78.5 Å². The summed E-state index contributed by atoms with van der Waals surface area (Å²) in [7, 11) is 0. The van der Waals surface area contributed by atoms with Crippen molar-refractivity contribution in [2.24, 2.45) is 5.92 Å². The number of thiazole rings is 1. The molecule has 3 aromatic rings. The lowest BCUT2D eigenvalue weighted by Gasteiger charge is -2.35. The number of hydrogen-bond donors (Lipinski definition) is 2. The summed E-state index contributed by atoms with van der Waals surface area (Å²) in [4.78, 5) is 9.65. The molecule has 3 aliphatic rings. The van der Waals surface area contributed by atoms with Crippen LogP contribution in [0.15, 0.2) is 29.6 Å². The second kappa shape index (κ2) is 13.0. The number of hydrogen-bond acceptors (Lipinski definition) is 9. The molecule has 2 aromatic carbocycles. The summed E-state index contributed by atoms with van der Waals surface area (Å²) in [5.41, 5.74) is 9.84. The average Bonchev–Trinajstić information content (AvgIpc) is 3.50. The predicted octanol–water partition coefficient (Wildman–Crippen LogP) is 4.61. The molecule has 0 bridgehead atoms. The number of aromatic nitrogens is 1. The van der Waals surface area contributed by atoms with E-state index in [-0.39, 0.29) is 12.0 Å². The molecule has 0 radical (unpaired) electrons. The van der Waals surface area contributed by atoms with Gasteiger partial charge in [-0.05, 0) is 80.0 Å². The van der Waals surface area contributed by atoms with Crippen LogP contribution in [0.25, 0.3) is 11.3 Å². The molecule has 2 N–H and O–H groups in total. The maximum absolute atomic E-state index is 9.70. The molecule has 0 amide bonds. The minimum atomic E-state index is -1.29. The first kappa shape index (κ1) is 29.5. The Labute approximate surface area is 252 Å². The lowest BCUT2D eigenvalue weighted by Crippen LogP contribution is -2.42. The molecule has 226 valence electrons. The van der Waals surface area contributed by atoms with Crippen molar-refractivity contribution in [3.05, 3.63) is 63.0 Å². The summed E-state index contributed by atoms with van der Waals surface area (Å²) in [6.07, 6.45) is 1.66. The largest absolute Gasteiger partial charge is 0.488 e. The molecule has 0 saturated carbocycles. The Morgan fingerprint density at radius 2 is 2.00 bits per heavy atom. The lowest BCUT2D eigenvalue weighted by molar-refractivity contribution is -0.0985. The monoisotopic (exact) mass is 593 g/mol. The molecule has 1 unspecified atom stereocenters. The van der Waals surface area contributed by atoms with Crippen molar-refractivity contribution in [2.75, 3.05) is 50.9 Å². The van der Waals surface area contributed by atoms with Crippen molar-refractivity contribution < 1.29 is 24.4 Å². The van der Waals surface area contributed by atoms with Gasteiger partial charge in [0.05, 0.1) is 31.6 Å². The molecule has 2 saturated heterocycles. The van der Waals surface area contributed by atoms with Gasteiger partial charge in [0.15, 0.2) is 11.4 Å². The van der Waals surface area contributed by atoms with Crippen molar-refractivity contribution in [2.45, 2.75) is 65.6 Å². The van der Waals surface area contributed by atoms with E-state index in [2.05, 4.69) is 60.2 Å². The van der Waals surface area contributed by atoms with Crippen molar-refractivity contribution in [3.63, 3.8) is 0 Å². The number of ether oxygens (including phenoxy) is 3. The normalized spacial score (nSPS) is 21.5. The van der Waals surface area contributed by atoms with Crippen molar-refractivity contribution in [1.82, 2.24) is 9.88 Å². The highest BCUT2D eigenvalue weighted by Crippen LogP contribution is 2.37. The number of rotatable bonds is 8. The zero-order valence-corrected chi connectivity index (χ0v) is 25.8. The first-order valence-corrected chi connectivity index (χ1v) is 16.1. The third-order valence-electron chi connectivity index (χ3n) is 9.01. The fourth-order valence-electron chi connectivity index (χ4n) is 6.57. The number of anilines is 1. The Kier molecular flexibility index (Phi) is 9.14. The summed E-state index contributed by atoms with van der Waals surface area (Å²) >= 11 is 1.60. The quantitative estimate of drug-likeness (QED) is 0.366. The third-order valence-corrected chi connectivity index (χ3v) is 9.91. The molecule has 2 atom stereocenters. The fraction of sp³-hybridized carbons (Fsp3) is 0.545. The van der Waals surface area contributed by atoms with Crippen molar-refractivity contribution in [3.8, 4) is 17.0 Å². The maximum atomic E-state index is 9.70. The van der Waals surface area contributed by atoms with Gasteiger partial charge in [0.2, 0.25) is 0 Å². The highest BCUT2D eigenvalue weighted by molar-refractivity contribution is 7.14. The molecule has 3 aliphatic heterocycles. The van der Waals surface area contributed by atoms with Gasteiger partial charge >= 0.3 is 0 Å². The summed E-state index contributed by atoms with van der Waals surface area (Å²) in [6, 6.07) is 8.59. The molecule has 8 nitrogen and oxygen atoms in total. The van der Waals surface area contributed by atoms with Crippen LogP contribution in [0.1, 0.15) is 46.2 Å². The number of benzene rings is 2. The molecule has 42 heavy (non-hydrogen) atoms. The highest BCUT2D eigenvalue weighted by atomic mass is 32.1. The standard InChI is InChI=1S/C33H43N3O5S/c1-21-6-7-31(28(13-21)30-20-42-33(34-30)36-9-4-5-24(15-36)32(37)38)41-18-25-14-22(2)29-17-35(10-8-27(29)23(25)3)16-26-19-39-11-12-40-26/h6-7,13-14,20,24,26,32,37-38H,4-5,8-12,15-19H2,1-3H3/t24-,26?/m0/s1. The number of aliphatic hydroxyl groups excluding tert-OH is 1. The molecule has 1 aromatic heterocycles. The summed E-state index contributed by atoms with van der Waals surface area (Å²) in [5.74, 6) is 0.686. The lowest BCUT2D eigenvalue weighted by atomic mass is 9.88. The van der Waals surface area contributed by atoms with Gasteiger partial charge in [0.1, 0.15) is 12.4 Å². The number of aliphatic hydroxyl groups is 2. The van der Waals surface area contributed by atoms with Crippen LogP contribution in [0.2, 0.25) is 0 Å². The van der Waals surface area contributed by atoms with E-state index in [1.54, 1.807) is 11.3 Å². The number of nitrogens with zero attached hydrogens (tertiary/aromatic N) is 3. The predicted molar refractivity (Wildman–Crippen MR) is 165 cm³/mol. The number of fused-ring (bicyclic) bond motifs is 1. The fourth-order valence-corrected chi connectivity index (χ4v) is 7.43. The van der Waals surface area contributed by atoms with Crippen LogP contribution in [0.3, 0.4) is 0 Å². The minimum absolute atomic E-state index is 0.143. The molecule has 6 rings (SSSR count). The summed E-state index contributed by atoms with van der Waals surface area (Å²) in [5, 5.41) is 22.4. The van der Waals surface area contributed by atoms with E-state index in [4.69, 9.17) is 19.2 Å². The van der Waals surface area contributed by atoms with Gasteiger partial charge < -0.3 is 29.3 Å². The van der Waals surface area contributed by atoms with E-state index in [1.807, 2.05) is 0 Å². The Morgan fingerprint density at radius 3 is 2.81 bits per heavy atom. The zero-order chi connectivity index (χ0) is 29.2. The highest BCUT2D eigenvalue weighted by Gasteiger charge is 2.27. The molecule has 9 heteroatoms. The van der Waals surface area contributed by atoms with Gasteiger partial charge in [-0.3, -0.25) is 4.90 Å². The van der Waals surface area contributed by atoms with Gasteiger partial charge in [0, 0.05) is 49.6 Å². The Morgan fingerprint density at radius 1 is 1.12 bits per heavy atom. The van der Waals surface area contributed by atoms with Crippen LogP contribution in [0.5, 0.6) is 5.75 Å². The van der Waals surface area contributed by atoms with Crippen LogP contribution >= 0.6 is 11.3 Å². The Bertz CT molecular complexity index is 1390. The first-order valence-electron chi connectivity index (χ1n) is 15.2. The summed E-state index contributed by atoms with van der Waals surface area (Å²) in [6.45, 7) is 13.5. The van der Waals surface area contributed by atoms with Crippen LogP contribution in [0, 0.1) is 26.7 Å². The number of piperidine rings is 1. The topological polar surface area (TPSA) is 87.5 Å². The number of aryl methyl sites for hydroxylation is 2. The van der Waals surface area contributed by atoms with Gasteiger partial charge in [-0.1, -0.05) is 17.7 Å². The van der Waals surface area contributed by atoms with E-state index < -0.39 is 6.29 Å². The molecule has 2 fully saturated rings. The van der Waals surface area contributed by atoms with E-state index in [0.717, 1.165) is 73.1 Å². The van der Waals surface area contributed by atoms with Crippen molar-refractivity contribution in [1.29, 1.82) is 0 Å². The molecule has 4 heterocycles. The minimum Gasteiger partial charge on any atom is -0.488 e. The Balaban J connectivity index is 1.16. The van der Waals surface area contributed by atoms with Gasteiger partial charge in [-0.25, -0.2) is 4.98 Å². The molecule has 0 aliphatic carbocycles. The maximum Gasteiger partial charge on any atom is 0.185 e. The SMILES string of the molecule is Cc1ccc(OCc2cc(C)c3c(c2C)CCN(CC2COCCO2)C3)c(-c2csc(N3CCC[C@H](C(O)O)C3)n2)c1. The van der Waals surface area contributed by atoms with E-state index in [1.165, 1.54) is 27.8 Å². The Hall–Kier alpha value is -2.53. The van der Waals surface area contributed by atoms with Gasteiger partial charge in [-0.15, -0.1) is 11.3 Å². The van der Waals surface area contributed by atoms with Crippen LogP contribution in [0.4, 0.5) is 5.13 Å². The summed E-state index contributed by atoms with van der Waals surface area (Å²) < 4.78 is 18.0. The van der Waals surface area contributed by atoms with E-state index in [0.29, 0.717) is 33.0 Å². The molecular formula is C33H43N3O5S. The first-order chi connectivity index (χ1) is 20.4. The third kappa shape index (κ3) is 6.51. The second-order valence-electron chi connectivity index (χ2n) is 12.1. The zero-order valence-electron chi connectivity index (χ0n) is 25.0. The second-order valence-corrected chi connectivity index (χ2v) is 12.9. The molecule has 0 spiro atoms. The molecular weight excluding hydrogens is 550 g/mol.